The van der Waals surface area contributed by atoms with E-state index in [1.807, 2.05) is 6.07 Å². The summed E-state index contributed by atoms with van der Waals surface area (Å²) in [4.78, 5) is 14.7. The van der Waals surface area contributed by atoms with Crippen molar-refractivity contribution < 1.29 is 4.79 Å². The molecule has 0 saturated carbocycles. The van der Waals surface area contributed by atoms with Gasteiger partial charge in [0.05, 0.1) is 0 Å². The van der Waals surface area contributed by atoms with E-state index in [4.69, 9.17) is 11.6 Å². The Kier molecular flexibility index (Phi) is 5.97. The molecule has 0 radical (unpaired) electrons. The van der Waals surface area contributed by atoms with Crippen LogP contribution >= 0.6 is 11.6 Å². The summed E-state index contributed by atoms with van der Waals surface area (Å²) >= 11 is 5.87. The molecule has 0 saturated heterocycles. The maximum Gasteiger partial charge on any atom is 0.164 e. The Morgan fingerprint density at radius 2 is 1.61 bits per heavy atom. The monoisotopic (exact) mass is 329 g/mol. The van der Waals surface area contributed by atoms with Gasteiger partial charge in [-0.05, 0) is 50.6 Å². The number of rotatable bonds is 6. The van der Waals surface area contributed by atoms with Crippen LogP contribution in [0.25, 0.3) is 0 Å². The zero-order chi connectivity index (χ0) is 16.9. The molecule has 0 spiro atoms. The molecule has 0 aliphatic carbocycles. The van der Waals surface area contributed by atoms with Crippen LogP contribution in [-0.4, -0.2) is 22.8 Å². The van der Waals surface area contributed by atoms with E-state index in [2.05, 4.69) is 49.9 Å². The van der Waals surface area contributed by atoms with Crippen LogP contribution in [0.3, 0.4) is 0 Å². The van der Waals surface area contributed by atoms with Crippen molar-refractivity contribution >= 4 is 17.4 Å². The van der Waals surface area contributed by atoms with Crippen LogP contribution in [0.2, 0.25) is 5.02 Å². The molecule has 23 heavy (non-hydrogen) atoms. The number of hydrogen-bond donors (Lipinski definition) is 0. The van der Waals surface area contributed by atoms with E-state index in [1.54, 1.807) is 24.3 Å². The second kappa shape index (κ2) is 7.76. The second-order valence-corrected chi connectivity index (χ2v) is 7.19. The van der Waals surface area contributed by atoms with Crippen LogP contribution in [-0.2, 0) is 6.54 Å². The first kappa shape index (κ1) is 17.7. The standard InChI is InChI=1S/C20H24ClNO/c1-20(2,3)22(15-16-7-5-4-6-8-16)14-13-19(23)17-9-11-18(21)12-10-17/h4-12H,13-15H2,1-3H3. The van der Waals surface area contributed by atoms with E-state index in [0.29, 0.717) is 11.4 Å². The molecule has 0 bridgehead atoms. The summed E-state index contributed by atoms with van der Waals surface area (Å²) in [5.74, 6) is 0.156. The topological polar surface area (TPSA) is 20.3 Å². The third-order valence-corrected chi connectivity index (χ3v) is 4.19. The predicted octanol–water partition coefficient (Wildman–Crippen LogP) is 5.21. The molecule has 0 aliphatic heterocycles. The minimum Gasteiger partial charge on any atom is -0.294 e. The summed E-state index contributed by atoms with van der Waals surface area (Å²) < 4.78 is 0. The number of hydrogen-bond acceptors (Lipinski definition) is 2. The first-order valence-electron chi connectivity index (χ1n) is 7.94. The molecule has 2 aromatic rings. The quantitative estimate of drug-likeness (QED) is 0.678. The summed E-state index contributed by atoms with van der Waals surface area (Å²) in [5.41, 5.74) is 2.00. The van der Waals surface area contributed by atoms with Crippen LogP contribution in [0.4, 0.5) is 0 Å². The molecule has 0 heterocycles. The molecule has 0 amide bonds. The summed E-state index contributed by atoms with van der Waals surface area (Å²) in [6, 6.07) is 17.5. The van der Waals surface area contributed by atoms with Gasteiger partial charge in [0.15, 0.2) is 5.78 Å². The summed E-state index contributed by atoms with van der Waals surface area (Å²) in [6.45, 7) is 8.13. The molecule has 2 rings (SSSR count). The minimum atomic E-state index is 0.0100. The fraction of sp³-hybridized carbons (Fsp3) is 0.350. The van der Waals surface area contributed by atoms with Gasteiger partial charge in [0.2, 0.25) is 0 Å². The molecule has 0 aromatic heterocycles. The van der Waals surface area contributed by atoms with Gasteiger partial charge in [-0.1, -0.05) is 41.9 Å². The average molecular weight is 330 g/mol. The van der Waals surface area contributed by atoms with Crippen molar-refractivity contribution in [2.24, 2.45) is 0 Å². The molecule has 0 unspecified atom stereocenters. The third-order valence-electron chi connectivity index (χ3n) is 3.94. The number of halogens is 1. The molecule has 0 N–H and O–H groups in total. The highest BCUT2D eigenvalue weighted by Gasteiger charge is 2.22. The van der Waals surface area contributed by atoms with Crippen molar-refractivity contribution in [3.05, 3.63) is 70.7 Å². The van der Waals surface area contributed by atoms with E-state index in [0.717, 1.165) is 18.7 Å². The first-order valence-corrected chi connectivity index (χ1v) is 8.32. The van der Waals surface area contributed by atoms with Gasteiger partial charge >= 0.3 is 0 Å². The SMILES string of the molecule is CC(C)(C)N(CCC(=O)c1ccc(Cl)cc1)Cc1ccccc1. The van der Waals surface area contributed by atoms with Crippen LogP contribution in [0.1, 0.15) is 43.1 Å². The van der Waals surface area contributed by atoms with Gasteiger partial charge in [-0.25, -0.2) is 0 Å². The van der Waals surface area contributed by atoms with Crippen LogP contribution < -0.4 is 0 Å². The largest absolute Gasteiger partial charge is 0.294 e. The zero-order valence-electron chi connectivity index (χ0n) is 14.1. The minimum absolute atomic E-state index is 0.0100. The summed E-state index contributed by atoms with van der Waals surface area (Å²) in [6.07, 6.45) is 0.506. The Morgan fingerprint density at radius 3 is 2.17 bits per heavy atom. The van der Waals surface area contributed by atoms with Crippen LogP contribution in [0.15, 0.2) is 54.6 Å². The number of nitrogens with zero attached hydrogens (tertiary/aromatic N) is 1. The average Bonchev–Trinajstić information content (AvgIpc) is 2.51. The lowest BCUT2D eigenvalue weighted by molar-refractivity contribution is 0.0896. The third kappa shape index (κ3) is 5.49. The highest BCUT2D eigenvalue weighted by molar-refractivity contribution is 6.30. The first-order chi connectivity index (χ1) is 10.9. The normalized spacial score (nSPS) is 11.7. The number of carbonyl (C=O) groups excluding carboxylic acids is 1. The molecule has 122 valence electrons. The van der Waals surface area contributed by atoms with E-state index in [-0.39, 0.29) is 11.3 Å². The number of benzene rings is 2. The van der Waals surface area contributed by atoms with Gasteiger partial charge in [-0.15, -0.1) is 0 Å². The molecule has 2 aromatic carbocycles. The Morgan fingerprint density at radius 1 is 1.00 bits per heavy atom. The fourth-order valence-electron chi connectivity index (χ4n) is 2.47. The van der Waals surface area contributed by atoms with E-state index in [1.165, 1.54) is 5.56 Å². The van der Waals surface area contributed by atoms with E-state index in [9.17, 15) is 4.79 Å². The number of carbonyl (C=O) groups is 1. The number of Topliss-reactive ketones (excluding diaryl/α,β-unsaturated/α-hetero) is 1. The van der Waals surface area contributed by atoms with Crippen molar-refractivity contribution in [1.82, 2.24) is 4.90 Å². The Bertz CT molecular complexity index is 629. The fourth-order valence-corrected chi connectivity index (χ4v) is 2.60. The molecule has 0 aliphatic rings. The Balaban J connectivity index is 2.01. The van der Waals surface area contributed by atoms with Crippen molar-refractivity contribution in [3.63, 3.8) is 0 Å². The van der Waals surface area contributed by atoms with Gasteiger partial charge in [-0.3, -0.25) is 9.69 Å². The van der Waals surface area contributed by atoms with Crippen molar-refractivity contribution in [3.8, 4) is 0 Å². The van der Waals surface area contributed by atoms with Crippen molar-refractivity contribution in [2.75, 3.05) is 6.54 Å². The second-order valence-electron chi connectivity index (χ2n) is 6.76. The predicted molar refractivity (Wildman–Crippen MR) is 97.0 cm³/mol. The number of ketones is 1. The molecule has 2 nitrogen and oxygen atoms in total. The lowest BCUT2D eigenvalue weighted by atomic mass is 10.0. The van der Waals surface area contributed by atoms with Gasteiger partial charge < -0.3 is 0 Å². The highest BCUT2D eigenvalue weighted by atomic mass is 35.5. The maximum atomic E-state index is 12.4. The molecule has 3 heteroatoms. The van der Waals surface area contributed by atoms with Gasteiger partial charge in [0, 0.05) is 35.6 Å². The summed E-state index contributed by atoms with van der Waals surface area (Å²) in [7, 11) is 0. The lowest BCUT2D eigenvalue weighted by Gasteiger charge is -2.35. The molecule has 0 atom stereocenters. The smallest absolute Gasteiger partial charge is 0.164 e. The zero-order valence-corrected chi connectivity index (χ0v) is 14.8. The molecular weight excluding hydrogens is 306 g/mol. The molecule has 0 fully saturated rings. The van der Waals surface area contributed by atoms with Gasteiger partial charge in [0.25, 0.3) is 0 Å². The van der Waals surface area contributed by atoms with Gasteiger partial charge in [0.1, 0.15) is 0 Å². The van der Waals surface area contributed by atoms with Crippen molar-refractivity contribution in [2.45, 2.75) is 39.3 Å². The Labute approximate surface area is 144 Å². The maximum absolute atomic E-state index is 12.4. The molecular formula is C20H24ClNO. The Hall–Kier alpha value is -1.64. The van der Waals surface area contributed by atoms with E-state index >= 15 is 0 Å². The highest BCUT2D eigenvalue weighted by Crippen LogP contribution is 2.19. The lowest BCUT2D eigenvalue weighted by Crippen LogP contribution is -2.42. The van der Waals surface area contributed by atoms with Gasteiger partial charge in [-0.2, -0.15) is 0 Å². The summed E-state index contributed by atoms with van der Waals surface area (Å²) in [5, 5.41) is 0.655. The van der Waals surface area contributed by atoms with Crippen LogP contribution in [0.5, 0.6) is 0 Å². The van der Waals surface area contributed by atoms with Crippen LogP contribution in [0, 0.1) is 0 Å². The van der Waals surface area contributed by atoms with E-state index < -0.39 is 0 Å². The van der Waals surface area contributed by atoms with Crippen molar-refractivity contribution in [1.29, 1.82) is 0 Å².